The van der Waals surface area contributed by atoms with Crippen LogP contribution in [0.15, 0.2) is 30.3 Å². The van der Waals surface area contributed by atoms with Gasteiger partial charge in [0.15, 0.2) is 0 Å². The third-order valence-corrected chi connectivity index (χ3v) is 3.06. The second kappa shape index (κ2) is 9.55. The number of rotatable bonds is 8. The smallest absolute Gasteiger partial charge is 0.251 e. The van der Waals surface area contributed by atoms with Crippen molar-refractivity contribution in [3.63, 3.8) is 0 Å². The first-order valence-electron chi connectivity index (χ1n) is 7.31. The van der Waals surface area contributed by atoms with E-state index in [1.807, 2.05) is 6.07 Å². The summed E-state index contributed by atoms with van der Waals surface area (Å²) in [5.74, 6) is -0.278. The van der Waals surface area contributed by atoms with Gasteiger partial charge in [0, 0.05) is 45.6 Å². The van der Waals surface area contributed by atoms with Gasteiger partial charge < -0.3 is 15.5 Å². The maximum absolute atomic E-state index is 11.7. The van der Waals surface area contributed by atoms with Crippen molar-refractivity contribution in [1.82, 2.24) is 15.5 Å². The molecule has 0 heterocycles. The van der Waals surface area contributed by atoms with E-state index in [0.717, 1.165) is 0 Å². The van der Waals surface area contributed by atoms with Gasteiger partial charge in [-0.15, -0.1) is 0 Å². The molecule has 3 amide bonds. The Bertz CT molecular complexity index is 501. The van der Waals surface area contributed by atoms with E-state index in [2.05, 4.69) is 10.6 Å². The fourth-order valence-electron chi connectivity index (χ4n) is 1.76. The second-order valence-electron chi connectivity index (χ2n) is 5.11. The number of nitrogens with zero attached hydrogens (tertiary/aromatic N) is 1. The van der Waals surface area contributed by atoms with Crippen LogP contribution in [0.5, 0.6) is 0 Å². The molecule has 6 heteroatoms. The third kappa shape index (κ3) is 6.88. The van der Waals surface area contributed by atoms with Gasteiger partial charge in [0.1, 0.15) is 0 Å². The van der Waals surface area contributed by atoms with E-state index in [4.69, 9.17) is 0 Å². The van der Waals surface area contributed by atoms with Crippen molar-refractivity contribution in [2.45, 2.75) is 19.3 Å². The molecule has 1 rings (SSSR count). The molecular weight excluding hydrogens is 282 g/mol. The highest BCUT2D eigenvalue weighted by Crippen LogP contribution is 1.97. The van der Waals surface area contributed by atoms with Gasteiger partial charge in [0.2, 0.25) is 11.8 Å². The molecule has 0 aliphatic carbocycles. The lowest BCUT2D eigenvalue weighted by molar-refractivity contribution is -0.129. The van der Waals surface area contributed by atoms with Gasteiger partial charge in [-0.1, -0.05) is 18.2 Å². The molecule has 0 atom stereocenters. The van der Waals surface area contributed by atoms with Crippen molar-refractivity contribution < 1.29 is 14.4 Å². The summed E-state index contributed by atoms with van der Waals surface area (Å²) in [4.78, 5) is 36.2. The third-order valence-electron chi connectivity index (χ3n) is 3.06. The molecule has 0 unspecified atom stereocenters. The Balaban J connectivity index is 2.11. The van der Waals surface area contributed by atoms with Gasteiger partial charge in [0.25, 0.3) is 5.91 Å². The summed E-state index contributed by atoms with van der Waals surface area (Å²) in [5.41, 5.74) is 0.574. The van der Waals surface area contributed by atoms with Crippen molar-refractivity contribution in [2.24, 2.45) is 0 Å². The summed E-state index contributed by atoms with van der Waals surface area (Å²) in [5, 5.41) is 5.42. The molecule has 0 aromatic heterocycles. The van der Waals surface area contributed by atoms with Crippen molar-refractivity contribution in [3.05, 3.63) is 35.9 Å². The highest BCUT2D eigenvalue weighted by Gasteiger charge is 2.07. The minimum Gasteiger partial charge on any atom is -0.356 e. The summed E-state index contributed by atoms with van der Waals surface area (Å²) in [6.07, 6.45) is 1.25. The molecule has 22 heavy (non-hydrogen) atoms. The van der Waals surface area contributed by atoms with Crippen molar-refractivity contribution in [2.75, 3.05) is 27.2 Å². The Labute approximate surface area is 130 Å². The Morgan fingerprint density at radius 2 is 1.64 bits per heavy atom. The maximum atomic E-state index is 11.7. The zero-order valence-electron chi connectivity index (χ0n) is 13.1. The van der Waals surface area contributed by atoms with Crippen LogP contribution in [0.1, 0.15) is 29.6 Å². The van der Waals surface area contributed by atoms with Gasteiger partial charge in [-0.25, -0.2) is 0 Å². The first-order valence-corrected chi connectivity index (χ1v) is 7.31. The standard InChI is InChI=1S/C16H23N3O3/c1-19(2)15(21)9-6-11-17-14(20)10-12-18-16(22)13-7-4-3-5-8-13/h3-5,7-8H,6,9-12H2,1-2H3,(H,17,20)(H,18,22). The molecule has 0 radical (unpaired) electrons. The van der Waals surface area contributed by atoms with Gasteiger partial charge in [-0.2, -0.15) is 0 Å². The molecule has 6 nitrogen and oxygen atoms in total. The number of hydrogen-bond donors (Lipinski definition) is 2. The summed E-state index contributed by atoms with van der Waals surface area (Å²) >= 11 is 0. The van der Waals surface area contributed by atoms with E-state index in [1.54, 1.807) is 38.4 Å². The number of hydrogen-bond acceptors (Lipinski definition) is 3. The van der Waals surface area contributed by atoms with Gasteiger partial charge in [0.05, 0.1) is 0 Å². The molecule has 0 saturated heterocycles. The Kier molecular flexibility index (Phi) is 7.67. The number of carbonyl (C=O) groups excluding carboxylic acids is 3. The van der Waals surface area contributed by atoms with Crippen molar-refractivity contribution in [3.8, 4) is 0 Å². The monoisotopic (exact) mass is 305 g/mol. The van der Waals surface area contributed by atoms with Gasteiger partial charge >= 0.3 is 0 Å². The highest BCUT2D eigenvalue weighted by atomic mass is 16.2. The summed E-state index contributed by atoms with van der Waals surface area (Å²) in [6, 6.07) is 8.85. The average Bonchev–Trinajstić information content (AvgIpc) is 2.52. The molecule has 120 valence electrons. The van der Waals surface area contributed by atoms with Crippen LogP contribution in [0.3, 0.4) is 0 Å². The van der Waals surface area contributed by atoms with Gasteiger partial charge in [-0.3, -0.25) is 14.4 Å². The van der Waals surface area contributed by atoms with E-state index in [-0.39, 0.29) is 30.7 Å². The number of amides is 3. The zero-order valence-corrected chi connectivity index (χ0v) is 13.1. The van der Waals surface area contributed by atoms with Crippen molar-refractivity contribution >= 4 is 17.7 Å². The Hall–Kier alpha value is -2.37. The lowest BCUT2D eigenvalue weighted by Gasteiger charge is -2.10. The fraction of sp³-hybridized carbons (Fsp3) is 0.438. The fourth-order valence-corrected chi connectivity index (χ4v) is 1.76. The lowest BCUT2D eigenvalue weighted by Crippen LogP contribution is -2.31. The van der Waals surface area contributed by atoms with Crippen LogP contribution in [0.25, 0.3) is 0 Å². The van der Waals surface area contributed by atoms with E-state index in [9.17, 15) is 14.4 Å². The Morgan fingerprint density at radius 3 is 2.27 bits per heavy atom. The minimum atomic E-state index is -0.190. The second-order valence-corrected chi connectivity index (χ2v) is 5.11. The van der Waals surface area contributed by atoms with Gasteiger partial charge in [-0.05, 0) is 18.6 Å². The predicted octanol–water partition coefficient (Wildman–Crippen LogP) is 0.791. The molecule has 0 bridgehead atoms. The number of nitrogens with one attached hydrogen (secondary N) is 2. The zero-order chi connectivity index (χ0) is 16.4. The first-order chi connectivity index (χ1) is 10.5. The van der Waals surface area contributed by atoms with E-state index < -0.39 is 0 Å². The number of benzene rings is 1. The first kappa shape index (κ1) is 17.7. The molecule has 1 aromatic carbocycles. The molecule has 2 N–H and O–H groups in total. The van der Waals surface area contributed by atoms with Crippen LogP contribution in [0, 0.1) is 0 Å². The molecule has 0 saturated carbocycles. The number of carbonyl (C=O) groups is 3. The van der Waals surface area contributed by atoms with E-state index in [1.165, 1.54) is 4.90 Å². The molecule has 0 spiro atoms. The molecule has 1 aromatic rings. The van der Waals surface area contributed by atoms with Crippen LogP contribution >= 0.6 is 0 Å². The predicted molar refractivity (Wildman–Crippen MR) is 84.3 cm³/mol. The quantitative estimate of drug-likeness (QED) is 0.697. The Morgan fingerprint density at radius 1 is 0.955 bits per heavy atom. The highest BCUT2D eigenvalue weighted by molar-refractivity contribution is 5.94. The lowest BCUT2D eigenvalue weighted by atomic mass is 10.2. The topological polar surface area (TPSA) is 78.5 Å². The average molecular weight is 305 g/mol. The summed E-state index contributed by atoms with van der Waals surface area (Å²) in [7, 11) is 3.41. The maximum Gasteiger partial charge on any atom is 0.251 e. The van der Waals surface area contributed by atoms with Crippen LogP contribution in [0.4, 0.5) is 0 Å². The molecule has 0 aliphatic rings. The largest absolute Gasteiger partial charge is 0.356 e. The molecule has 0 aliphatic heterocycles. The molecule has 0 fully saturated rings. The summed E-state index contributed by atoms with van der Waals surface area (Å²) < 4.78 is 0. The van der Waals surface area contributed by atoms with Crippen LogP contribution < -0.4 is 10.6 Å². The van der Waals surface area contributed by atoms with E-state index >= 15 is 0 Å². The van der Waals surface area contributed by atoms with Crippen LogP contribution in [0.2, 0.25) is 0 Å². The normalized spacial score (nSPS) is 9.91. The van der Waals surface area contributed by atoms with Crippen LogP contribution in [-0.2, 0) is 9.59 Å². The van der Waals surface area contributed by atoms with Crippen molar-refractivity contribution in [1.29, 1.82) is 0 Å². The van der Waals surface area contributed by atoms with E-state index in [0.29, 0.717) is 24.9 Å². The SMILES string of the molecule is CN(C)C(=O)CCCNC(=O)CCNC(=O)c1ccccc1. The minimum absolute atomic E-state index is 0.0457. The molecular formula is C16H23N3O3. The van der Waals surface area contributed by atoms with Crippen LogP contribution in [-0.4, -0.2) is 49.8 Å². The summed E-state index contributed by atoms with van der Waals surface area (Å²) in [6.45, 7) is 0.751.